The first kappa shape index (κ1) is 30.9. The lowest BCUT2D eigenvalue weighted by Crippen LogP contribution is -2.30. The zero-order chi connectivity index (χ0) is 31.1. The van der Waals surface area contributed by atoms with Crippen LogP contribution in [0.15, 0.2) is 106 Å². The lowest BCUT2D eigenvalue weighted by atomic mass is 10.1. The summed E-state index contributed by atoms with van der Waals surface area (Å²) in [4.78, 5) is 42.2. The van der Waals surface area contributed by atoms with Gasteiger partial charge in [-0.25, -0.2) is 0 Å². The summed E-state index contributed by atoms with van der Waals surface area (Å²) in [7, 11) is 3.06. The van der Waals surface area contributed by atoms with Gasteiger partial charge in [-0.1, -0.05) is 52.3 Å². The van der Waals surface area contributed by atoms with E-state index in [1.54, 1.807) is 54.6 Å². The molecular formula is C34H30BrN3O5S. The number of nitrogens with zero attached hydrogens (tertiary/aromatic N) is 1. The molecule has 0 spiro atoms. The van der Waals surface area contributed by atoms with Gasteiger partial charge >= 0.3 is 0 Å². The van der Waals surface area contributed by atoms with Crippen molar-refractivity contribution in [3.8, 4) is 11.5 Å². The van der Waals surface area contributed by atoms with Gasteiger partial charge in [-0.3, -0.25) is 14.4 Å². The molecule has 5 rings (SSSR count). The number of benzene rings is 4. The van der Waals surface area contributed by atoms with Crippen molar-refractivity contribution in [3.63, 3.8) is 0 Å². The van der Waals surface area contributed by atoms with Crippen LogP contribution in [0.4, 0.5) is 11.4 Å². The van der Waals surface area contributed by atoms with Gasteiger partial charge < -0.3 is 25.0 Å². The van der Waals surface area contributed by atoms with Crippen molar-refractivity contribution >= 4 is 62.9 Å². The number of thioether (sulfide) groups is 1. The van der Waals surface area contributed by atoms with Crippen LogP contribution in [0.5, 0.6) is 11.5 Å². The van der Waals surface area contributed by atoms with Crippen LogP contribution in [0, 0.1) is 0 Å². The summed E-state index contributed by atoms with van der Waals surface area (Å²) in [5.41, 5.74) is 3.74. The van der Waals surface area contributed by atoms with Gasteiger partial charge in [-0.05, 0) is 78.2 Å². The molecule has 2 N–H and O–H groups in total. The number of carbonyl (C=O) groups excluding carboxylic acids is 3. The summed E-state index contributed by atoms with van der Waals surface area (Å²) in [5.74, 6) is 0.401. The third-order valence-corrected chi connectivity index (χ3v) is 8.68. The standard InChI is InChI=1S/C34H30BrN3O5S/c1-42-30-19-24(27(35)20-31(30)43-2)18-28(37-33(40)23-9-4-3-5-10-23)34(41)36-25-12-14-26(15-13-25)44-21-32(39)38-17-16-22-8-6-7-11-29(22)38/h3-15,18-20H,16-17,21H2,1-2H3,(H,36,41)(H,37,40). The number of para-hydroxylation sites is 1. The van der Waals surface area contributed by atoms with Gasteiger partial charge in [0.05, 0.1) is 20.0 Å². The second kappa shape index (κ2) is 14.3. The van der Waals surface area contributed by atoms with Crippen molar-refractivity contribution in [2.45, 2.75) is 11.3 Å². The lowest BCUT2D eigenvalue weighted by molar-refractivity contribution is -0.116. The minimum atomic E-state index is -0.515. The van der Waals surface area contributed by atoms with Gasteiger partial charge in [0, 0.05) is 32.9 Å². The Morgan fingerprint density at radius 3 is 2.32 bits per heavy atom. The summed E-state index contributed by atoms with van der Waals surface area (Å²) >= 11 is 4.96. The largest absolute Gasteiger partial charge is 0.493 e. The topological polar surface area (TPSA) is 97.0 Å². The number of methoxy groups -OCH3 is 2. The molecule has 0 radical (unpaired) electrons. The molecule has 0 saturated heterocycles. The van der Waals surface area contributed by atoms with Crippen LogP contribution in [-0.2, 0) is 16.0 Å². The van der Waals surface area contributed by atoms with Crippen LogP contribution in [0.2, 0.25) is 0 Å². The van der Waals surface area contributed by atoms with Gasteiger partial charge in [0.1, 0.15) is 5.70 Å². The summed E-state index contributed by atoms with van der Waals surface area (Å²) in [6.07, 6.45) is 2.43. The first-order valence-electron chi connectivity index (χ1n) is 13.8. The number of amides is 3. The van der Waals surface area contributed by atoms with Gasteiger partial charge in [-0.2, -0.15) is 0 Å². The number of hydrogen-bond acceptors (Lipinski definition) is 6. The summed E-state index contributed by atoms with van der Waals surface area (Å²) in [6.45, 7) is 0.695. The lowest BCUT2D eigenvalue weighted by Gasteiger charge is -2.17. The molecule has 0 saturated carbocycles. The quantitative estimate of drug-likeness (QED) is 0.147. The summed E-state index contributed by atoms with van der Waals surface area (Å²) in [6, 6.07) is 27.3. The fourth-order valence-corrected chi connectivity index (χ4v) is 5.94. The molecule has 0 atom stereocenters. The van der Waals surface area contributed by atoms with E-state index in [9.17, 15) is 14.4 Å². The van der Waals surface area contributed by atoms with Crippen LogP contribution in [-0.4, -0.2) is 44.2 Å². The Kier molecular flexibility index (Phi) is 10.0. The zero-order valence-electron chi connectivity index (χ0n) is 24.1. The minimum Gasteiger partial charge on any atom is -0.493 e. The number of ether oxygens (including phenoxy) is 2. The van der Waals surface area contributed by atoms with E-state index in [0.29, 0.717) is 45.1 Å². The number of halogens is 1. The average Bonchev–Trinajstić information content (AvgIpc) is 3.49. The molecule has 4 aromatic carbocycles. The van der Waals surface area contributed by atoms with Crippen molar-refractivity contribution in [2.24, 2.45) is 0 Å². The Bertz CT molecular complexity index is 1710. The molecule has 0 aliphatic carbocycles. The third-order valence-electron chi connectivity index (χ3n) is 6.99. The molecule has 4 aromatic rings. The maximum Gasteiger partial charge on any atom is 0.272 e. The predicted octanol–water partition coefficient (Wildman–Crippen LogP) is 6.56. The van der Waals surface area contributed by atoms with Crippen LogP contribution in [0.3, 0.4) is 0 Å². The van der Waals surface area contributed by atoms with Gasteiger partial charge in [0.15, 0.2) is 11.5 Å². The number of carbonyl (C=O) groups is 3. The first-order valence-corrected chi connectivity index (χ1v) is 15.6. The Labute approximate surface area is 268 Å². The second-order valence-corrected chi connectivity index (χ2v) is 11.7. The van der Waals surface area contributed by atoms with Crippen LogP contribution in [0.1, 0.15) is 21.5 Å². The third kappa shape index (κ3) is 7.32. The fraction of sp³-hybridized carbons (Fsp3) is 0.147. The van der Waals surface area contributed by atoms with E-state index in [0.717, 1.165) is 17.0 Å². The second-order valence-electron chi connectivity index (χ2n) is 9.80. The molecule has 0 unspecified atom stereocenters. The highest BCUT2D eigenvalue weighted by Crippen LogP contribution is 2.34. The molecule has 224 valence electrons. The SMILES string of the molecule is COc1cc(Br)c(C=C(NC(=O)c2ccccc2)C(=O)Nc2ccc(SCC(=O)N3CCc4ccccc43)cc2)cc1OC. The monoisotopic (exact) mass is 671 g/mol. The molecule has 10 heteroatoms. The van der Waals surface area contributed by atoms with Crippen molar-refractivity contribution in [3.05, 3.63) is 118 Å². The van der Waals surface area contributed by atoms with Crippen LogP contribution >= 0.6 is 27.7 Å². The van der Waals surface area contributed by atoms with Crippen molar-refractivity contribution in [1.82, 2.24) is 5.32 Å². The maximum absolute atomic E-state index is 13.5. The van der Waals surface area contributed by atoms with E-state index in [2.05, 4.69) is 32.6 Å². The molecule has 3 amide bonds. The molecule has 1 heterocycles. The maximum atomic E-state index is 13.5. The predicted molar refractivity (Wildman–Crippen MR) is 177 cm³/mol. The van der Waals surface area contributed by atoms with E-state index < -0.39 is 11.8 Å². The molecule has 0 bridgehead atoms. The van der Waals surface area contributed by atoms with E-state index in [-0.39, 0.29) is 11.6 Å². The number of hydrogen-bond donors (Lipinski definition) is 2. The molecule has 1 aliphatic rings. The number of fused-ring (bicyclic) bond motifs is 1. The van der Waals surface area contributed by atoms with Crippen molar-refractivity contribution < 1.29 is 23.9 Å². The van der Waals surface area contributed by atoms with E-state index in [1.165, 1.54) is 31.5 Å². The highest BCUT2D eigenvalue weighted by molar-refractivity contribution is 9.10. The Morgan fingerprint density at radius 1 is 0.909 bits per heavy atom. The average molecular weight is 673 g/mol. The van der Waals surface area contributed by atoms with E-state index >= 15 is 0 Å². The number of anilines is 2. The summed E-state index contributed by atoms with van der Waals surface area (Å²) < 4.78 is 11.4. The smallest absolute Gasteiger partial charge is 0.272 e. The highest BCUT2D eigenvalue weighted by atomic mass is 79.9. The van der Waals surface area contributed by atoms with E-state index in [1.807, 2.05) is 41.3 Å². The Hall–Kier alpha value is -4.54. The first-order chi connectivity index (χ1) is 21.4. The Balaban J connectivity index is 1.30. The zero-order valence-corrected chi connectivity index (χ0v) is 26.5. The molecule has 0 fully saturated rings. The molecular weight excluding hydrogens is 642 g/mol. The number of rotatable bonds is 10. The normalized spacial score (nSPS) is 12.3. The molecule has 8 nitrogen and oxygen atoms in total. The molecule has 1 aliphatic heterocycles. The van der Waals surface area contributed by atoms with Crippen LogP contribution < -0.4 is 25.0 Å². The van der Waals surface area contributed by atoms with Gasteiger partial charge in [0.2, 0.25) is 5.91 Å². The highest BCUT2D eigenvalue weighted by Gasteiger charge is 2.24. The summed E-state index contributed by atoms with van der Waals surface area (Å²) in [5, 5.41) is 5.60. The van der Waals surface area contributed by atoms with Crippen molar-refractivity contribution in [1.29, 1.82) is 0 Å². The Morgan fingerprint density at radius 2 is 1.59 bits per heavy atom. The molecule has 0 aromatic heterocycles. The van der Waals surface area contributed by atoms with Crippen molar-refractivity contribution in [2.75, 3.05) is 36.7 Å². The van der Waals surface area contributed by atoms with E-state index in [4.69, 9.17) is 9.47 Å². The van der Waals surface area contributed by atoms with Gasteiger partial charge in [-0.15, -0.1) is 11.8 Å². The van der Waals surface area contributed by atoms with Crippen LogP contribution in [0.25, 0.3) is 6.08 Å². The minimum absolute atomic E-state index is 0.0294. The fourth-order valence-electron chi connectivity index (χ4n) is 4.73. The number of nitrogens with one attached hydrogen (secondary N) is 2. The van der Waals surface area contributed by atoms with Gasteiger partial charge in [0.25, 0.3) is 11.8 Å². The molecule has 44 heavy (non-hydrogen) atoms.